The van der Waals surface area contributed by atoms with Gasteiger partial charge >= 0.3 is 33.3 Å². The van der Waals surface area contributed by atoms with Crippen LogP contribution in [0.4, 0.5) is 5.82 Å². The number of allylic oxidation sites excluding steroid dienone is 14. The van der Waals surface area contributed by atoms with Crippen LogP contribution in [0.15, 0.2) is 102 Å². The third kappa shape index (κ3) is 30.0. The zero-order chi connectivity index (χ0) is 51.3. The maximum atomic E-state index is 12.8. The van der Waals surface area contributed by atoms with Crippen LogP contribution < -0.4 is 11.4 Å². The number of aliphatic hydroxyl groups is 2. The van der Waals surface area contributed by atoms with E-state index in [2.05, 4.69) is 90.0 Å². The van der Waals surface area contributed by atoms with Gasteiger partial charge in [0.1, 0.15) is 30.7 Å². The maximum Gasteiger partial charge on any atom is 0.481 e. The fourth-order valence-electron chi connectivity index (χ4n) is 6.69. The summed E-state index contributed by atoms with van der Waals surface area (Å²) in [6.45, 7) is 1.92. The van der Waals surface area contributed by atoms with Crippen molar-refractivity contribution in [1.82, 2.24) is 9.55 Å². The largest absolute Gasteiger partial charge is 0.481 e. The normalized spacial score (nSPS) is 20.0. The third-order valence-electron chi connectivity index (χ3n) is 10.5. The van der Waals surface area contributed by atoms with Gasteiger partial charge in [0.25, 0.3) is 0 Å². The second-order valence-electron chi connectivity index (χ2n) is 16.6. The van der Waals surface area contributed by atoms with Crippen LogP contribution in [0, 0.1) is 0 Å². The van der Waals surface area contributed by atoms with Gasteiger partial charge in [0.05, 0.1) is 13.2 Å². The molecule has 1 saturated heterocycles. The number of aliphatic hydroxyl groups excluding tert-OH is 2. The van der Waals surface area contributed by atoms with Crippen molar-refractivity contribution in [1.29, 1.82) is 0 Å². The number of hydrogen-bond acceptors (Lipinski definition) is 15. The van der Waals surface area contributed by atoms with E-state index in [0.717, 1.165) is 81.4 Å². The van der Waals surface area contributed by atoms with Crippen LogP contribution in [-0.4, -0.2) is 85.7 Å². The molecule has 18 nitrogen and oxygen atoms in total. The van der Waals surface area contributed by atoms with Crippen LogP contribution in [0.2, 0.25) is 0 Å². The van der Waals surface area contributed by atoms with Gasteiger partial charge in [-0.2, -0.15) is 9.29 Å². The van der Waals surface area contributed by atoms with Crippen molar-refractivity contribution < 1.29 is 66.3 Å². The van der Waals surface area contributed by atoms with Crippen molar-refractivity contribution in [3.8, 4) is 0 Å². The van der Waals surface area contributed by atoms with Gasteiger partial charge in [-0.1, -0.05) is 137 Å². The van der Waals surface area contributed by atoms with E-state index in [-0.39, 0.29) is 18.7 Å². The molecule has 0 aliphatic carbocycles. The van der Waals surface area contributed by atoms with E-state index in [1.165, 1.54) is 31.7 Å². The fraction of sp³-hybridized carbons (Fsp3) is 0.600. The van der Waals surface area contributed by atoms with Gasteiger partial charge in [0, 0.05) is 19.0 Å². The molecule has 0 saturated carbocycles. The topological polar surface area (TPSA) is 265 Å². The maximum absolute atomic E-state index is 12.8. The molecule has 0 spiro atoms. The fourth-order valence-corrected chi connectivity index (χ4v) is 8.80. The van der Waals surface area contributed by atoms with E-state index in [9.17, 15) is 43.5 Å². The van der Waals surface area contributed by atoms with Crippen LogP contribution in [0.3, 0.4) is 0 Å². The average Bonchev–Trinajstić information content (AvgIpc) is 3.59. The summed E-state index contributed by atoms with van der Waals surface area (Å²) in [5.74, 6) is -1.42. The Kier molecular flexibility index (Phi) is 33.4. The molecule has 1 aliphatic rings. The van der Waals surface area contributed by atoms with Crippen LogP contribution in [-0.2, 0) is 46.3 Å². The van der Waals surface area contributed by atoms with Crippen molar-refractivity contribution in [3.63, 3.8) is 0 Å². The van der Waals surface area contributed by atoms with Crippen molar-refractivity contribution in [2.75, 3.05) is 25.6 Å². The summed E-state index contributed by atoms with van der Waals surface area (Å²) in [6.07, 6.45) is 39.7. The van der Waals surface area contributed by atoms with Crippen molar-refractivity contribution in [2.24, 2.45) is 0 Å². The molecule has 2 rings (SSSR count). The highest BCUT2D eigenvalue weighted by Crippen LogP contribution is 2.60. The van der Waals surface area contributed by atoms with Crippen molar-refractivity contribution >= 4 is 33.4 Å². The predicted octanol–water partition coefficient (Wildman–Crippen LogP) is 9.89. The molecule has 7 atom stereocenters. The zero-order valence-corrected chi connectivity index (χ0v) is 42.8. The van der Waals surface area contributed by atoms with Crippen LogP contribution in [0.25, 0.3) is 0 Å². The molecular formula is C50H79N3O15P2. The van der Waals surface area contributed by atoms with Gasteiger partial charge in [-0.05, 0) is 83.1 Å². The van der Waals surface area contributed by atoms with Gasteiger partial charge in [-0.3, -0.25) is 23.2 Å². The molecule has 1 aliphatic heterocycles. The lowest BCUT2D eigenvalue weighted by Crippen LogP contribution is -2.36. The van der Waals surface area contributed by atoms with Gasteiger partial charge < -0.3 is 39.9 Å². The van der Waals surface area contributed by atoms with Gasteiger partial charge in [0.15, 0.2) is 12.3 Å². The summed E-state index contributed by atoms with van der Waals surface area (Å²) in [5.41, 5.74) is 4.58. The summed E-state index contributed by atoms with van der Waals surface area (Å²) in [6, 6.07) is 1.24. The van der Waals surface area contributed by atoms with E-state index >= 15 is 0 Å². The van der Waals surface area contributed by atoms with Gasteiger partial charge in [-0.25, -0.2) is 13.9 Å². The first-order valence-electron chi connectivity index (χ1n) is 24.6. The second-order valence-corrected chi connectivity index (χ2v) is 19.6. The second kappa shape index (κ2) is 37.7. The smallest absolute Gasteiger partial charge is 0.462 e. The highest BCUT2D eigenvalue weighted by Gasteiger charge is 2.46. The molecule has 394 valence electrons. The quantitative estimate of drug-likeness (QED) is 0.0178. The third-order valence-corrected chi connectivity index (χ3v) is 13.1. The number of nitrogen functional groups attached to an aromatic ring is 1. The number of carbonyl (C=O) groups excluding carboxylic acids is 2. The minimum atomic E-state index is -5.44. The number of rotatable bonds is 39. The molecule has 1 fully saturated rings. The molecule has 0 amide bonds. The molecule has 20 heteroatoms. The molecule has 0 aromatic carbocycles. The Morgan fingerprint density at radius 3 is 1.81 bits per heavy atom. The van der Waals surface area contributed by atoms with Gasteiger partial charge in [0.2, 0.25) is 0 Å². The van der Waals surface area contributed by atoms with Crippen LogP contribution in [0.5, 0.6) is 0 Å². The number of nitrogens with zero attached hydrogens (tertiary/aromatic N) is 2. The molecule has 6 N–H and O–H groups in total. The van der Waals surface area contributed by atoms with E-state index in [1.807, 2.05) is 18.2 Å². The Balaban J connectivity index is 1.84. The standard InChI is InChI=1S/C50H79N3O15P2/c1-3-5-7-9-11-13-15-17-18-19-20-21-22-24-25-27-29-31-33-35-45(54)63-39-42(66-46(55)36-34-32-30-28-26-23-16-14-12-10-8-6-4-2)40-64-69(59,60)68-70(61,62)65-41-43-47(56)48(57)49(67-43)53-38-37-44(51)52-50(53)58/h5,7,11,13-14,16-18,20-21,24-25,29,31,37-38,42-43,47-49,56-57H,3-4,6,8-10,12,15,19,22-23,26-28,30,32-36,39-41H2,1-2H3,(H,59,60)(H,61,62)(H2,51,52,58)/b7-5-,13-11-,16-14-,18-17-,21-20-,25-24-,31-29-/t42-,43-,47+,48?,49-/m1/s1. The predicted molar refractivity (Wildman–Crippen MR) is 270 cm³/mol. The lowest BCUT2D eigenvalue weighted by atomic mass is 10.1. The Hall–Kier alpha value is -4.06. The highest BCUT2D eigenvalue weighted by molar-refractivity contribution is 7.61. The number of phosphoric acid groups is 2. The highest BCUT2D eigenvalue weighted by atomic mass is 31.3. The summed E-state index contributed by atoms with van der Waals surface area (Å²) >= 11 is 0. The molecule has 0 radical (unpaired) electrons. The van der Waals surface area contributed by atoms with Crippen LogP contribution >= 0.6 is 15.6 Å². The van der Waals surface area contributed by atoms with E-state index in [4.69, 9.17) is 29.0 Å². The Morgan fingerprint density at radius 1 is 0.700 bits per heavy atom. The molecule has 1 aromatic rings. The molecule has 70 heavy (non-hydrogen) atoms. The number of ether oxygens (including phenoxy) is 3. The minimum absolute atomic E-state index is 0.00410. The number of hydrogen-bond donors (Lipinski definition) is 5. The lowest BCUT2D eigenvalue weighted by Gasteiger charge is -2.21. The lowest BCUT2D eigenvalue weighted by molar-refractivity contribution is -0.161. The number of nitrogens with two attached hydrogens (primary N) is 1. The minimum Gasteiger partial charge on any atom is -0.462 e. The van der Waals surface area contributed by atoms with Crippen LogP contribution in [0.1, 0.15) is 148 Å². The first kappa shape index (κ1) is 62.1. The molecular weight excluding hydrogens is 945 g/mol. The summed E-state index contributed by atoms with van der Waals surface area (Å²) in [4.78, 5) is 61.8. The van der Waals surface area contributed by atoms with Crippen molar-refractivity contribution in [3.05, 3.63) is 108 Å². The molecule has 0 bridgehead atoms. The first-order valence-corrected chi connectivity index (χ1v) is 27.6. The zero-order valence-electron chi connectivity index (χ0n) is 41.0. The number of esters is 2. The molecule has 3 unspecified atom stereocenters. The number of phosphoric ester groups is 2. The average molecular weight is 1020 g/mol. The van der Waals surface area contributed by atoms with E-state index in [1.54, 1.807) is 0 Å². The van der Waals surface area contributed by atoms with Crippen molar-refractivity contribution in [2.45, 2.75) is 173 Å². The van der Waals surface area contributed by atoms with E-state index < -0.39 is 83.7 Å². The summed E-state index contributed by atoms with van der Waals surface area (Å²) in [7, 11) is -10.9. The monoisotopic (exact) mass is 1020 g/mol. The van der Waals surface area contributed by atoms with Gasteiger partial charge in [-0.15, -0.1) is 0 Å². The molecule has 1 aromatic heterocycles. The summed E-state index contributed by atoms with van der Waals surface area (Å²) < 4.78 is 56.6. The Labute approximate surface area is 414 Å². The number of anilines is 1. The number of carbonyl (C=O) groups is 2. The van der Waals surface area contributed by atoms with E-state index in [0.29, 0.717) is 19.3 Å². The number of aromatic nitrogens is 2. The Morgan fingerprint density at radius 2 is 1.23 bits per heavy atom. The SMILES string of the molecule is CC/C=C\C/C=C\C/C=C\C/C=C\C/C=C\C/C=C\CCC(=O)OC[C@H](COP(=O)(O)OP(=O)(O)OC[C@H]1O[C@@H](n2ccc(N)nc2=O)C(O)[C@H]1O)OC(=O)CCCCCCC/C=C\CCCCCC. The number of unbranched alkanes of at least 4 members (excludes halogenated alkanes) is 9. The Bertz CT molecular complexity index is 2000. The first-order chi connectivity index (χ1) is 33.7. The summed E-state index contributed by atoms with van der Waals surface area (Å²) in [5, 5.41) is 20.9. The molecule has 2 heterocycles.